The Morgan fingerprint density at radius 2 is 1.76 bits per heavy atom. The predicted molar refractivity (Wildman–Crippen MR) is 87.6 cm³/mol. The first-order chi connectivity index (χ1) is 10.2. The third-order valence-corrected chi connectivity index (χ3v) is 4.18. The lowest BCUT2D eigenvalue weighted by Crippen LogP contribution is -2.38. The summed E-state index contributed by atoms with van der Waals surface area (Å²) in [6, 6.07) is 12.9. The third kappa shape index (κ3) is 2.85. The molecule has 0 aliphatic carbocycles. The van der Waals surface area contributed by atoms with Crippen LogP contribution in [0.4, 0.5) is 16.2 Å². The number of fused-ring (bicyclic) bond motifs is 1. The van der Waals surface area contributed by atoms with E-state index in [0.717, 1.165) is 18.5 Å². The molecular formula is C16H14Cl2N2O. The Morgan fingerprint density at radius 3 is 2.52 bits per heavy atom. The molecule has 2 aromatic rings. The van der Waals surface area contributed by atoms with Crippen molar-refractivity contribution in [1.82, 2.24) is 0 Å². The van der Waals surface area contributed by atoms with E-state index in [1.807, 2.05) is 18.2 Å². The van der Waals surface area contributed by atoms with Gasteiger partial charge in [-0.1, -0.05) is 47.5 Å². The molecule has 5 heteroatoms. The minimum atomic E-state index is -0.211. The standard InChI is InChI=1S/C16H14Cl2N2O/c17-12-7-3-8-13(18)15(12)19-16(21)20-10-4-6-11-5-1-2-9-14(11)20/h1-3,5,7-9H,4,6,10H2,(H,19,21). The SMILES string of the molecule is O=C(Nc1c(Cl)cccc1Cl)N1CCCc2ccccc21. The summed E-state index contributed by atoms with van der Waals surface area (Å²) in [4.78, 5) is 14.3. The minimum Gasteiger partial charge on any atom is -0.305 e. The molecule has 3 rings (SSSR count). The summed E-state index contributed by atoms with van der Waals surface area (Å²) in [5.41, 5.74) is 2.59. The highest BCUT2D eigenvalue weighted by Crippen LogP contribution is 2.32. The van der Waals surface area contributed by atoms with E-state index in [1.54, 1.807) is 23.1 Å². The van der Waals surface area contributed by atoms with E-state index in [2.05, 4.69) is 11.4 Å². The van der Waals surface area contributed by atoms with Gasteiger partial charge in [0.05, 0.1) is 15.7 Å². The molecule has 1 aliphatic rings. The van der Waals surface area contributed by atoms with Crippen molar-refractivity contribution < 1.29 is 4.79 Å². The number of hydrogen-bond donors (Lipinski definition) is 1. The van der Waals surface area contributed by atoms with Crippen LogP contribution in [-0.4, -0.2) is 12.6 Å². The average molecular weight is 321 g/mol. The summed E-state index contributed by atoms with van der Waals surface area (Å²) in [6.45, 7) is 0.685. The second-order valence-electron chi connectivity index (χ2n) is 4.91. The fourth-order valence-electron chi connectivity index (χ4n) is 2.54. The maximum Gasteiger partial charge on any atom is 0.326 e. The monoisotopic (exact) mass is 320 g/mol. The zero-order valence-corrected chi connectivity index (χ0v) is 12.8. The van der Waals surface area contributed by atoms with Crippen molar-refractivity contribution in [3.05, 3.63) is 58.1 Å². The van der Waals surface area contributed by atoms with Gasteiger partial charge in [-0.15, -0.1) is 0 Å². The summed E-state index contributed by atoms with van der Waals surface area (Å²) >= 11 is 12.2. The van der Waals surface area contributed by atoms with Crippen LogP contribution >= 0.6 is 23.2 Å². The lowest BCUT2D eigenvalue weighted by molar-refractivity contribution is 0.256. The van der Waals surface area contributed by atoms with Gasteiger partial charge < -0.3 is 5.32 Å². The van der Waals surface area contributed by atoms with Crippen molar-refractivity contribution in [2.45, 2.75) is 12.8 Å². The Morgan fingerprint density at radius 1 is 1.05 bits per heavy atom. The smallest absolute Gasteiger partial charge is 0.305 e. The fourth-order valence-corrected chi connectivity index (χ4v) is 3.03. The van der Waals surface area contributed by atoms with Crippen LogP contribution in [0.1, 0.15) is 12.0 Å². The molecule has 0 fully saturated rings. The quantitative estimate of drug-likeness (QED) is 0.789. The summed E-state index contributed by atoms with van der Waals surface area (Å²) in [6.07, 6.45) is 1.94. The molecule has 0 aromatic heterocycles. The number of halogens is 2. The number of urea groups is 1. The average Bonchev–Trinajstić information content (AvgIpc) is 2.50. The van der Waals surface area contributed by atoms with Gasteiger partial charge in [-0.05, 0) is 36.6 Å². The van der Waals surface area contributed by atoms with Crippen LogP contribution in [0.3, 0.4) is 0 Å². The number of hydrogen-bond acceptors (Lipinski definition) is 1. The van der Waals surface area contributed by atoms with Gasteiger partial charge in [-0.25, -0.2) is 4.79 Å². The van der Waals surface area contributed by atoms with Crippen LogP contribution in [0.5, 0.6) is 0 Å². The Labute approximate surface area is 133 Å². The Balaban J connectivity index is 1.87. The van der Waals surface area contributed by atoms with E-state index in [1.165, 1.54) is 5.56 Å². The summed E-state index contributed by atoms with van der Waals surface area (Å²) in [7, 11) is 0. The number of rotatable bonds is 1. The molecule has 0 atom stereocenters. The number of anilines is 2. The molecule has 1 N–H and O–H groups in total. The summed E-state index contributed by atoms with van der Waals surface area (Å²) < 4.78 is 0. The summed E-state index contributed by atoms with van der Waals surface area (Å²) in [5, 5.41) is 3.68. The first kappa shape index (κ1) is 14.2. The molecule has 0 saturated heterocycles. The number of nitrogens with one attached hydrogen (secondary N) is 1. The molecule has 0 bridgehead atoms. The van der Waals surface area contributed by atoms with E-state index in [4.69, 9.17) is 23.2 Å². The molecule has 2 aromatic carbocycles. The van der Waals surface area contributed by atoms with Gasteiger partial charge in [0.25, 0.3) is 0 Å². The van der Waals surface area contributed by atoms with Crippen LogP contribution in [0.25, 0.3) is 0 Å². The molecule has 21 heavy (non-hydrogen) atoms. The van der Waals surface area contributed by atoms with Gasteiger partial charge in [0.15, 0.2) is 0 Å². The van der Waals surface area contributed by atoms with E-state index >= 15 is 0 Å². The minimum absolute atomic E-state index is 0.211. The summed E-state index contributed by atoms with van der Waals surface area (Å²) in [5.74, 6) is 0. The Kier molecular flexibility index (Phi) is 4.04. The topological polar surface area (TPSA) is 32.3 Å². The highest BCUT2D eigenvalue weighted by atomic mass is 35.5. The predicted octanol–water partition coefficient (Wildman–Crippen LogP) is 4.98. The zero-order valence-electron chi connectivity index (χ0n) is 11.3. The van der Waals surface area contributed by atoms with Gasteiger partial charge in [-0.2, -0.15) is 0 Å². The number of carbonyl (C=O) groups is 1. The van der Waals surface area contributed by atoms with Crippen molar-refractivity contribution >= 4 is 40.6 Å². The van der Waals surface area contributed by atoms with Crippen LogP contribution < -0.4 is 10.2 Å². The molecule has 3 nitrogen and oxygen atoms in total. The van der Waals surface area contributed by atoms with E-state index < -0.39 is 0 Å². The molecule has 0 radical (unpaired) electrons. The van der Waals surface area contributed by atoms with Crippen LogP contribution in [0.15, 0.2) is 42.5 Å². The van der Waals surface area contributed by atoms with Gasteiger partial charge in [-0.3, -0.25) is 4.90 Å². The molecule has 108 valence electrons. The van der Waals surface area contributed by atoms with E-state index in [-0.39, 0.29) is 6.03 Å². The second-order valence-corrected chi connectivity index (χ2v) is 5.73. The first-order valence-corrected chi connectivity index (χ1v) is 7.53. The highest BCUT2D eigenvalue weighted by Gasteiger charge is 2.23. The number of nitrogens with zero attached hydrogens (tertiary/aromatic N) is 1. The molecule has 2 amide bonds. The largest absolute Gasteiger partial charge is 0.326 e. The van der Waals surface area contributed by atoms with Crippen LogP contribution in [0, 0.1) is 0 Å². The van der Waals surface area contributed by atoms with Crippen molar-refractivity contribution in [2.75, 3.05) is 16.8 Å². The molecule has 1 aliphatic heterocycles. The Hall–Kier alpha value is -1.71. The van der Waals surface area contributed by atoms with Gasteiger partial charge in [0.2, 0.25) is 0 Å². The van der Waals surface area contributed by atoms with Crippen molar-refractivity contribution in [3.8, 4) is 0 Å². The number of para-hydroxylation sites is 2. The second kappa shape index (κ2) is 5.96. The number of aryl methyl sites for hydroxylation is 1. The van der Waals surface area contributed by atoms with Gasteiger partial charge in [0, 0.05) is 12.2 Å². The van der Waals surface area contributed by atoms with Crippen molar-refractivity contribution in [2.24, 2.45) is 0 Å². The van der Waals surface area contributed by atoms with Crippen molar-refractivity contribution in [1.29, 1.82) is 0 Å². The Bertz CT molecular complexity index is 667. The third-order valence-electron chi connectivity index (χ3n) is 3.55. The van der Waals surface area contributed by atoms with Crippen LogP contribution in [0.2, 0.25) is 10.0 Å². The molecular weight excluding hydrogens is 307 g/mol. The number of benzene rings is 2. The first-order valence-electron chi connectivity index (χ1n) is 6.77. The lowest BCUT2D eigenvalue weighted by atomic mass is 10.0. The maximum absolute atomic E-state index is 12.5. The van der Waals surface area contributed by atoms with Crippen molar-refractivity contribution in [3.63, 3.8) is 0 Å². The van der Waals surface area contributed by atoms with E-state index in [0.29, 0.717) is 22.3 Å². The normalized spacial score (nSPS) is 13.7. The molecule has 0 unspecified atom stereocenters. The number of amides is 2. The molecule has 0 saturated carbocycles. The highest BCUT2D eigenvalue weighted by molar-refractivity contribution is 6.39. The van der Waals surface area contributed by atoms with Gasteiger partial charge in [0.1, 0.15) is 0 Å². The zero-order chi connectivity index (χ0) is 14.8. The lowest BCUT2D eigenvalue weighted by Gasteiger charge is -2.29. The maximum atomic E-state index is 12.5. The molecule has 1 heterocycles. The van der Waals surface area contributed by atoms with E-state index in [9.17, 15) is 4.79 Å². The molecule has 0 spiro atoms. The van der Waals surface area contributed by atoms with Gasteiger partial charge >= 0.3 is 6.03 Å². The fraction of sp³-hybridized carbons (Fsp3) is 0.188. The van der Waals surface area contributed by atoms with Crippen LogP contribution in [-0.2, 0) is 6.42 Å². The number of carbonyl (C=O) groups excluding carboxylic acids is 1.